The van der Waals surface area contributed by atoms with Crippen molar-refractivity contribution in [3.05, 3.63) is 0 Å². The highest BCUT2D eigenvalue weighted by molar-refractivity contribution is 5.91. The highest BCUT2D eigenvalue weighted by atomic mass is 35.5. The Morgan fingerprint density at radius 2 is 2.00 bits per heavy atom. The van der Waals surface area contributed by atoms with E-state index in [9.17, 15) is 0 Å². The van der Waals surface area contributed by atoms with Gasteiger partial charge in [-0.3, -0.25) is 5.41 Å². The van der Waals surface area contributed by atoms with Crippen LogP contribution in [0.2, 0.25) is 0 Å². The third kappa shape index (κ3) is 11.0. The molecule has 0 rings (SSSR count). The van der Waals surface area contributed by atoms with Gasteiger partial charge in [0, 0.05) is 6.54 Å². The van der Waals surface area contributed by atoms with E-state index in [1.54, 1.807) is 0 Å². The minimum atomic E-state index is -0.0821. The zero-order chi connectivity index (χ0) is 10.3. The first-order chi connectivity index (χ1) is 6.02. The molecule has 0 unspecified atom stereocenters. The summed E-state index contributed by atoms with van der Waals surface area (Å²) in [6, 6.07) is 0. The van der Waals surface area contributed by atoms with Crippen LogP contribution in [0.3, 0.4) is 0 Å². The minimum absolute atomic E-state index is 0. The van der Waals surface area contributed by atoms with Crippen molar-refractivity contribution in [1.29, 1.82) is 5.41 Å². The standard InChI is InChI=1S/C8H19N5.ClH/c1-6(2)4-3-5-12-8(11)13-7(9)10;/h6H,3-5H2,1-2H3,(H6,9,10,11,12,13);1H. The Morgan fingerprint density at radius 3 is 2.43 bits per heavy atom. The molecule has 5 nitrogen and oxygen atoms in total. The van der Waals surface area contributed by atoms with Crippen molar-refractivity contribution in [1.82, 2.24) is 5.32 Å². The van der Waals surface area contributed by atoms with Crippen molar-refractivity contribution in [2.45, 2.75) is 26.7 Å². The summed E-state index contributed by atoms with van der Waals surface area (Å²) in [6.07, 6.45) is 2.17. The van der Waals surface area contributed by atoms with Gasteiger partial charge in [-0.05, 0) is 18.8 Å². The molecule has 0 aliphatic carbocycles. The zero-order valence-corrected chi connectivity index (χ0v) is 9.53. The van der Waals surface area contributed by atoms with E-state index in [1.165, 1.54) is 0 Å². The van der Waals surface area contributed by atoms with Gasteiger partial charge in [-0.1, -0.05) is 13.8 Å². The van der Waals surface area contributed by atoms with Gasteiger partial charge in [-0.2, -0.15) is 4.99 Å². The van der Waals surface area contributed by atoms with Crippen molar-refractivity contribution < 1.29 is 0 Å². The first kappa shape index (κ1) is 15.5. The summed E-state index contributed by atoms with van der Waals surface area (Å²) in [6.45, 7) is 5.08. The fourth-order valence-electron chi connectivity index (χ4n) is 0.886. The van der Waals surface area contributed by atoms with Crippen molar-refractivity contribution in [2.75, 3.05) is 6.54 Å². The van der Waals surface area contributed by atoms with Gasteiger partial charge in [0.1, 0.15) is 0 Å². The van der Waals surface area contributed by atoms with E-state index in [2.05, 4.69) is 24.2 Å². The second-order valence-electron chi connectivity index (χ2n) is 3.35. The summed E-state index contributed by atoms with van der Waals surface area (Å²) in [4.78, 5) is 3.54. The van der Waals surface area contributed by atoms with Gasteiger partial charge in [0.25, 0.3) is 0 Å². The Labute approximate surface area is 91.3 Å². The van der Waals surface area contributed by atoms with Gasteiger partial charge < -0.3 is 16.8 Å². The Hall–Kier alpha value is -0.970. The lowest BCUT2D eigenvalue weighted by Gasteiger charge is -2.05. The number of hydrogen-bond donors (Lipinski definition) is 4. The normalized spacial score (nSPS) is 9.07. The van der Waals surface area contributed by atoms with Gasteiger partial charge in [-0.15, -0.1) is 12.4 Å². The smallest absolute Gasteiger partial charge is 0.218 e. The molecule has 0 aliphatic heterocycles. The molecule has 0 amide bonds. The van der Waals surface area contributed by atoms with Crippen LogP contribution in [0.5, 0.6) is 0 Å². The van der Waals surface area contributed by atoms with Gasteiger partial charge in [0.2, 0.25) is 5.96 Å². The number of guanidine groups is 2. The summed E-state index contributed by atoms with van der Waals surface area (Å²) < 4.78 is 0. The van der Waals surface area contributed by atoms with E-state index in [-0.39, 0.29) is 24.3 Å². The molecule has 0 spiro atoms. The maximum absolute atomic E-state index is 7.25. The number of nitrogens with zero attached hydrogens (tertiary/aromatic N) is 1. The topological polar surface area (TPSA) is 100 Å². The predicted octanol–water partition coefficient (Wildman–Crippen LogP) is 0.642. The average molecular weight is 222 g/mol. The number of nitrogens with two attached hydrogens (primary N) is 2. The van der Waals surface area contributed by atoms with Crippen LogP contribution in [0.15, 0.2) is 4.99 Å². The van der Waals surface area contributed by atoms with E-state index in [4.69, 9.17) is 16.9 Å². The second kappa shape index (κ2) is 8.62. The molecule has 0 aromatic heterocycles. The highest BCUT2D eigenvalue weighted by Crippen LogP contribution is 2.01. The summed E-state index contributed by atoms with van der Waals surface area (Å²) >= 11 is 0. The van der Waals surface area contributed by atoms with Crippen LogP contribution in [0, 0.1) is 11.3 Å². The van der Waals surface area contributed by atoms with Crippen molar-refractivity contribution in [2.24, 2.45) is 22.4 Å². The third-order valence-electron chi connectivity index (χ3n) is 1.49. The van der Waals surface area contributed by atoms with Crippen LogP contribution in [0.4, 0.5) is 0 Å². The maximum atomic E-state index is 7.25. The van der Waals surface area contributed by atoms with E-state index in [0.717, 1.165) is 19.4 Å². The van der Waals surface area contributed by atoms with E-state index >= 15 is 0 Å². The molecule has 0 aliphatic rings. The highest BCUT2D eigenvalue weighted by Gasteiger charge is 1.95. The molecule has 0 fully saturated rings. The van der Waals surface area contributed by atoms with Gasteiger partial charge in [-0.25, -0.2) is 0 Å². The minimum Gasteiger partial charge on any atom is -0.370 e. The fourth-order valence-corrected chi connectivity index (χ4v) is 0.886. The molecular formula is C8H20ClN5. The van der Waals surface area contributed by atoms with Crippen LogP contribution < -0.4 is 16.8 Å². The van der Waals surface area contributed by atoms with Crippen molar-refractivity contribution in [3.63, 3.8) is 0 Å². The molecule has 6 N–H and O–H groups in total. The summed E-state index contributed by atoms with van der Waals surface area (Å²) in [5.41, 5.74) is 10.2. The summed E-state index contributed by atoms with van der Waals surface area (Å²) in [5, 5.41) is 10.1. The summed E-state index contributed by atoms with van der Waals surface area (Å²) in [7, 11) is 0. The monoisotopic (exact) mass is 221 g/mol. The number of nitrogens with one attached hydrogen (secondary N) is 2. The summed E-state index contributed by atoms with van der Waals surface area (Å²) in [5.74, 6) is 0.643. The predicted molar refractivity (Wildman–Crippen MR) is 62.9 cm³/mol. The molecule has 0 radical (unpaired) electrons. The molecule has 6 heteroatoms. The Balaban J connectivity index is 0. The van der Waals surface area contributed by atoms with Crippen LogP contribution in [0.25, 0.3) is 0 Å². The molecule has 0 aromatic carbocycles. The number of halogens is 1. The van der Waals surface area contributed by atoms with Gasteiger partial charge in [0.05, 0.1) is 0 Å². The van der Waals surface area contributed by atoms with Crippen LogP contribution >= 0.6 is 12.4 Å². The van der Waals surface area contributed by atoms with Gasteiger partial charge in [0.15, 0.2) is 5.96 Å². The van der Waals surface area contributed by atoms with Crippen LogP contribution in [-0.2, 0) is 0 Å². The van der Waals surface area contributed by atoms with Crippen LogP contribution in [-0.4, -0.2) is 18.5 Å². The number of rotatable bonds is 4. The molecular weight excluding hydrogens is 202 g/mol. The molecule has 0 aromatic rings. The Morgan fingerprint density at radius 1 is 1.43 bits per heavy atom. The largest absolute Gasteiger partial charge is 0.370 e. The second-order valence-corrected chi connectivity index (χ2v) is 3.35. The van der Waals surface area contributed by atoms with Crippen molar-refractivity contribution in [3.8, 4) is 0 Å². The number of aliphatic imine (C=N–C) groups is 1. The fraction of sp³-hybridized carbons (Fsp3) is 0.750. The SMILES string of the molecule is CC(C)CCCNC(=N)N=C(N)N.Cl. The Kier molecular flexibility index (Phi) is 9.54. The lowest BCUT2D eigenvalue weighted by molar-refractivity contribution is 0.551. The van der Waals surface area contributed by atoms with E-state index in [1.807, 2.05) is 0 Å². The lowest BCUT2D eigenvalue weighted by atomic mass is 10.1. The molecule has 84 valence electrons. The van der Waals surface area contributed by atoms with Crippen LogP contribution in [0.1, 0.15) is 26.7 Å². The third-order valence-corrected chi connectivity index (χ3v) is 1.49. The maximum Gasteiger partial charge on any atom is 0.218 e. The lowest BCUT2D eigenvalue weighted by Crippen LogP contribution is -2.29. The molecule has 0 heterocycles. The molecule has 14 heavy (non-hydrogen) atoms. The van der Waals surface area contributed by atoms with Crippen molar-refractivity contribution >= 4 is 24.3 Å². The molecule has 0 bridgehead atoms. The molecule has 0 atom stereocenters. The quantitative estimate of drug-likeness (QED) is 0.319. The number of hydrogen-bond acceptors (Lipinski definition) is 1. The molecule has 0 saturated carbocycles. The average Bonchev–Trinajstić information content (AvgIpc) is 1.96. The van der Waals surface area contributed by atoms with E-state index < -0.39 is 0 Å². The molecule has 0 saturated heterocycles. The van der Waals surface area contributed by atoms with Gasteiger partial charge >= 0.3 is 0 Å². The first-order valence-electron chi connectivity index (χ1n) is 4.44. The van der Waals surface area contributed by atoms with E-state index in [0.29, 0.717) is 5.92 Å². The zero-order valence-electron chi connectivity index (χ0n) is 8.71. The Bertz CT molecular complexity index is 186. The first-order valence-corrected chi connectivity index (χ1v) is 4.44.